The van der Waals surface area contributed by atoms with Crippen LogP contribution in [-0.2, 0) is 22.6 Å². The second-order valence-electron chi connectivity index (χ2n) is 4.98. The fourth-order valence-electron chi connectivity index (χ4n) is 2.27. The van der Waals surface area contributed by atoms with E-state index in [0.29, 0.717) is 5.69 Å². The molecular weight excluding hydrogens is 302 g/mol. The minimum absolute atomic E-state index is 0.0828. The number of hydrogen-bond acceptors (Lipinski definition) is 5. The number of sulfone groups is 1. The highest BCUT2D eigenvalue weighted by Gasteiger charge is 2.22. The van der Waals surface area contributed by atoms with E-state index in [0.717, 1.165) is 11.4 Å². The lowest BCUT2D eigenvalue weighted by Gasteiger charge is -2.03. The Hall–Kier alpha value is -2.48. The lowest BCUT2D eigenvalue weighted by Crippen LogP contribution is -2.11. The van der Waals surface area contributed by atoms with Crippen LogP contribution in [0.1, 0.15) is 11.4 Å². The van der Waals surface area contributed by atoms with Gasteiger partial charge in [-0.25, -0.2) is 17.8 Å². The van der Waals surface area contributed by atoms with E-state index < -0.39 is 9.84 Å². The predicted molar refractivity (Wildman–Crippen MR) is 80.2 cm³/mol. The van der Waals surface area contributed by atoms with Crippen LogP contribution in [0, 0.1) is 6.92 Å². The summed E-state index contributed by atoms with van der Waals surface area (Å²) in [5, 5.41) is 11.7. The van der Waals surface area contributed by atoms with Gasteiger partial charge < -0.3 is 0 Å². The third kappa shape index (κ3) is 2.64. The number of nitrogens with zero attached hydrogens (tertiary/aromatic N) is 5. The van der Waals surface area contributed by atoms with E-state index in [9.17, 15) is 8.42 Å². The minimum atomic E-state index is -3.52. The molecule has 2 aromatic heterocycles. The second kappa shape index (κ2) is 5.38. The standard InChI is InChI=1S/C14H15N5O2S/c1-11-8-12(16-19(11)13-6-4-3-5-7-13)10-22(20,21)14-9-15-17-18(14)2/h3-9H,10H2,1-2H3. The number of aryl methyl sites for hydroxylation is 2. The largest absolute Gasteiger partial charge is 0.238 e. The molecular formula is C14H15N5O2S. The quantitative estimate of drug-likeness (QED) is 0.724. The topological polar surface area (TPSA) is 82.7 Å². The van der Waals surface area contributed by atoms with Crippen molar-refractivity contribution in [1.29, 1.82) is 0 Å². The number of aromatic nitrogens is 5. The van der Waals surface area contributed by atoms with Crippen LogP contribution in [-0.4, -0.2) is 33.2 Å². The van der Waals surface area contributed by atoms with Crippen molar-refractivity contribution in [3.05, 3.63) is 54.0 Å². The Bertz CT molecular complexity index is 896. The Balaban J connectivity index is 1.93. The Labute approximate surface area is 128 Å². The van der Waals surface area contributed by atoms with Crippen molar-refractivity contribution >= 4 is 9.84 Å². The van der Waals surface area contributed by atoms with Gasteiger partial charge in [0.25, 0.3) is 0 Å². The summed E-state index contributed by atoms with van der Waals surface area (Å²) in [6.45, 7) is 1.89. The molecule has 114 valence electrons. The van der Waals surface area contributed by atoms with Crippen LogP contribution in [0.5, 0.6) is 0 Å². The van der Waals surface area contributed by atoms with Crippen LogP contribution in [0.4, 0.5) is 0 Å². The molecule has 0 radical (unpaired) electrons. The molecule has 0 saturated heterocycles. The predicted octanol–water partition coefficient (Wildman–Crippen LogP) is 1.28. The van der Waals surface area contributed by atoms with Crippen molar-refractivity contribution in [3.8, 4) is 5.69 Å². The summed E-state index contributed by atoms with van der Waals surface area (Å²) < 4.78 is 27.8. The van der Waals surface area contributed by atoms with Crippen LogP contribution in [0.15, 0.2) is 47.6 Å². The van der Waals surface area contributed by atoms with Crippen molar-refractivity contribution in [3.63, 3.8) is 0 Å². The highest BCUT2D eigenvalue weighted by atomic mass is 32.2. The number of benzene rings is 1. The third-order valence-corrected chi connectivity index (χ3v) is 4.95. The molecule has 1 aromatic carbocycles. The van der Waals surface area contributed by atoms with Crippen LogP contribution in [0.25, 0.3) is 5.69 Å². The molecule has 0 fully saturated rings. The maximum atomic E-state index is 12.4. The van der Waals surface area contributed by atoms with Crippen molar-refractivity contribution in [2.45, 2.75) is 17.7 Å². The van der Waals surface area contributed by atoms with E-state index in [4.69, 9.17) is 0 Å². The number of rotatable bonds is 4. The number of para-hydroxylation sites is 1. The number of hydrogen-bond donors (Lipinski definition) is 0. The van der Waals surface area contributed by atoms with E-state index in [-0.39, 0.29) is 10.8 Å². The Morgan fingerprint density at radius 3 is 2.55 bits per heavy atom. The highest BCUT2D eigenvalue weighted by molar-refractivity contribution is 7.90. The Morgan fingerprint density at radius 1 is 1.18 bits per heavy atom. The lowest BCUT2D eigenvalue weighted by atomic mass is 10.3. The molecule has 0 unspecified atom stereocenters. The van der Waals surface area contributed by atoms with Gasteiger partial charge in [0.05, 0.1) is 17.6 Å². The van der Waals surface area contributed by atoms with Gasteiger partial charge in [-0.15, -0.1) is 5.10 Å². The maximum Gasteiger partial charge on any atom is 0.202 e. The fraction of sp³-hybridized carbons (Fsp3) is 0.214. The molecule has 2 heterocycles. The Kier molecular flexibility index (Phi) is 3.53. The minimum Gasteiger partial charge on any atom is -0.238 e. The first-order valence-electron chi connectivity index (χ1n) is 6.66. The summed E-state index contributed by atoms with van der Waals surface area (Å²) >= 11 is 0. The van der Waals surface area contributed by atoms with Crippen molar-refractivity contribution in [2.75, 3.05) is 0 Å². The first-order chi connectivity index (χ1) is 10.5. The van der Waals surface area contributed by atoms with Gasteiger partial charge in [-0.05, 0) is 25.1 Å². The molecule has 0 aliphatic carbocycles. The summed E-state index contributed by atoms with van der Waals surface area (Å²) in [7, 11) is -1.97. The molecule has 0 amide bonds. The van der Waals surface area contributed by atoms with Crippen LogP contribution in [0.3, 0.4) is 0 Å². The monoisotopic (exact) mass is 317 g/mol. The average Bonchev–Trinajstić information content (AvgIpc) is 3.06. The summed E-state index contributed by atoms with van der Waals surface area (Å²) in [5.41, 5.74) is 2.26. The van der Waals surface area contributed by atoms with Gasteiger partial charge >= 0.3 is 0 Å². The molecule has 3 rings (SSSR count). The van der Waals surface area contributed by atoms with Crippen LogP contribution in [0.2, 0.25) is 0 Å². The van der Waals surface area contributed by atoms with Gasteiger partial charge in [-0.1, -0.05) is 23.4 Å². The zero-order valence-electron chi connectivity index (χ0n) is 12.2. The summed E-state index contributed by atoms with van der Waals surface area (Å²) in [5.74, 6) is -0.186. The summed E-state index contributed by atoms with van der Waals surface area (Å²) in [6, 6.07) is 11.4. The van der Waals surface area contributed by atoms with Gasteiger partial charge in [0.1, 0.15) is 5.75 Å². The zero-order valence-corrected chi connectivity index (χ0v) is 13.0. The zero-order chi connectivity index (χ0) is 15.7. The second-order valence-corrected chi connectivity index (χ2v) is 6.92. The first kappa shape index (κ1) is 14.5. The Morgan fingerprint density at radius 2 is 1.91 bits per heavy atom. The van der Waals surface area contributed by atoms with E-state index in [1.54, 1.807) is 17.8 Å². The third-order valence-electron chi connectivity index (χ3n) is 3.27. The van der Waals surface area contributed by atoms with Crippen molar-refractivity contribution < 1.29 is 8.42 Å². The van der Waals surface area contributed by atoms with Crippen molar-refractivity contribution in [1.82, 2.24) is 24.8 Å². The molecule has 0 bridgehead atoms. The molecule has 3 aromatic rings. The maximum absolute atomic E-state index is 12.4. The van der Waals surface area contributed by atoms with Crippen LogP contribution >= 0.6 is 0 Å². The van der Waals surface area contributed by atoms with Crippen molar-refractivity contribution in [2.24, 2.45) is 7.05 Å². The van der Waals surface area contributed by atoms with E-state index in [2.05, 4.69) is 15.4 Å². The molecule has 8 heteroatoms. The smallest absolute Gasteiger partial charge is 0.202 e. The van der Waals surface area contributed by atoms with E-state index in [1.165, 1.54) is 10.9 Å². The SMILES string of the molecule is Cc1cc(CS(=O)(=O)c2cnnn2C)nn1-c1ccccc1. The molecule has 22 heavy (non-hydrogen) atoms. The van der Waals surface area contributed by atoms with Gasteiger partial charge in [-0.3, -0.25) is 0 Å². The summed E-state index contributed by atoms with van der Waals surface area (Å²) in [4.78, 5) is 0. The fourth-order valence-corrected chi connectivity index (χ4v) is 3.60. The van der Waals surface area contributed by atoms with Gasteiger partial charge in [0, 0.05) is 12.7 Å². The van der Waals surface area contributed by atoms with Crippen LogP contribution < -0.4 is 0 Å². The lowest BCUT2D eigenvalue weighted by molar-refractivity contribution is 0.572. The normalized spacial score (nSPS) is 11.7. The molecule has 0 aliphatic rings. The summed E-state index contributed by atoms with van der Waals surface area (Å²) in [6.07, 6.45) is 1.25. The molecule has 0 atom stereocenters. The van der Waals surface area contributed by atoms with Gasteiger partial charge in [-0.2, -0.15) is 5.10 Å². The van der Waals surface area contributed by atoms with Gasteiger partial charge in [0.2, 0.25) is 9.84 Å². The molecule has 0 saturated carbocycles. The first-order valence-corrected chi connectivity index (χ1v) is 8.31. The highest BCUT2D eigenvalue weighted by Crippen LogP contribution is 2.17. The van der Waals surface area contributed by atoms with Gasteiger partial charge in [0.15, 0.2) is 5.03 Å². The molecule has 0 N–H and O–H groups in total. The van der Waals surface area contributed by atoms with E-state index >= 15 is 0 Å². The molecule has 0 aliphatic heterocycles. The molecule has 7 nitrogen and oxygen atoms in total. The van der Waals surface area contributed by atoms with E-state index in [1.807, 2.05) is 37.3 Å². The molecule has 0 spiro atoms. The average molecular weight is 317 g/mol.